The Balaban J connectivity index is 1.79. The first-order valence-electron chi connectivity index (χ1n) is 10.8. The number of aliphatic hydroxyl groups is 1. The number of ether oxygens (including phenoxy) is 1. The Kier molecular flexibility index (Phi) is 6.90. The van der Waals surface area contributed by atoms with E-state index in [-0.39, 0.29) is 29.7 Å². The van der Waals surface area contributed by atoms with E-state index in [1.807, 2.05) is 20.8 Å². The molecular formula is C24H25FN4O3S. The zero-order chi connectivity index (χ0) is 23.5. The molecule has 0 bridgehead atoms. The minimum absolute atomic E-state index is 0.00183. The molecule has 7 nitrogen and oxygen atoms in total. The molecule has 0 radical (unpaired) electrons. The van der Waals surface area contributed by atoms with Crippen LogP contribution in [0.2, 0.25) is 0 Å². The van der Waals surface area contributed by atoms with E-state index in [1.54, 1.807) is 29.3 Å². The molecule has 1 aliphatic rings. The van der Waals surface area contributed by atoms with E-state index < -0.39 is 5.82 Å². The second-order valence-corrected chi connectivity index (χ2v) is 8.55. The summed E-state index contributed by atoms with van der Waals surface area (Å²) in [5.41, 5.74) is 3.11. The van der Waals surface area contributed by atoms with Gasteiger partial charge in [-0.25, -0.2) is 9.37 Å². The van der Waals surface area contributed by atoms with Gasteiger partial charge in [0.1, 0.15) is 10.8 Å². The molecule has 4 rings (SSSR count). The molecule has 0 unspecified atom stereocenters. The summed E-state index contributed by atoms with van der Waals surface area (Å²) in [7, 11) is 0. The van der Waals surface area contributed by atoms with E-state index in [1.165, 1.54) is 17.8 Å². The minimum Gasteiger partial charge on any atom is -0.436 e. The van der Waals surface area contributed by atoms with Crippen molar-refractivity contribution in [3.8, 4) is 23.0 Å². The van der Waals surface area contributed by atoms with Gasteiger partial charge in [0.05, 0.1) is 29.2 Å². The van der Waals surface area contributed by atoms with Crippen LogP contribution in [0.1, 0.15) is 36.2 Å². The molecular weight excluding hydrogens is 443 g/mol. The zero-order valence-electron chi connectivity index (χ0n) is 18.8. The lowest BCUT2D eigenvalue weighted by Gasteiger charge is -2.24. The van der Waals surface area contributed by atoms with Crippen molar-refractivity contribution in [2.45, 2.75) is 38.8 Å². The summed E-state index contributed by atoms with van der Waals surface area (Å²) in [5, 5.41) is 10.4. The number of pyridine rings is 1. The molecule has 3 aromatic rings. The lowest BCUT2D eigenvalue weighted by molar-refractivity contribution is -0.127. The fourth-order valence-electron chi connectivity index (χ4n) is 3.77. The average Bonchev–Trinajstić information content (AvgIpc) is 2.83. The number of hydrogen-bond donors (Lipinski definition) is 1. The molecule has 0 fully saturated rings. The largest absolute Gasteiger partial charge is 0.436 e. The van der Waals surface area contributed by atoms with Gasteiger partial charge in [0.2, 0.25) is 11.8 Å². The van der Waals surface area contributed by atoms with Gasteiger partial charge >= 0.3 is 0 Å². The number of thioether (sulfide) groups is 1. The van der Waals surface area contributed by atoms with Crippen molar-refractivity contribution < 1.29 is 19.0 Å². The molecule has 172 valence electrons. The fourth-order valence-corrected chi connectivity index (χ4v) is 4.70. The lowest BCUT2D eigenvalue weighted by atomic mass is 9.99. The molecule has 1 aromatic carbocycles. The van der Waals surface area contributed by atoms with Gasteiger partial charge in [-0.1, -0.05) is 23.9 Å². The van der Waals surface area contributed by atoms with Gasteiger partial charge in [0, 0.05) is 36.8 Å². The van der Waals surface area contributed by atoms with Crippen molar-refractivity contribution in [3.63, 3.8) is 0 Å². The number of aliphatic hydroxyl groups excluding tert-OH is 1. The molecule has 0 saturated heterocycles. The topological polar surface area (TPSA) is 88.4 Å². The highest BCUT2D eigenvalue weighted by molar-refractivity contribution is 7.99. The summed E-state index contributed by atoms with van der Waals surface area (Å²) < 4.78 is 20.7. The Bertz CT molecular complexity index is 1200. The first-order chi connectivity index (χ1) is 16.0. The Labute approximate surface area is 196 Å². The standard InChI is InChI=1S/C24H25FN4O3S/c1-4-29(5-2)20(31)13-33-24-18-10-17-15(12-30)11-26-14(3)21(17)32-23(18)27-22(28-24)16-8-6-7-9-19(16)25/h6-9,11,30H,4-5,10,12-13H2,1-3H3. The van der Waals surface area contributed by atoms with Crippen LogP contribution in [0, 0.1) is 12.7 Å². The maximum Gasteiger partial charge on any atom is 0.232 e. The second kappa shape index (κ2) is 9.84. The summed E-state index contributed by atoms with van der Waals surface area (Å²) in [6, 6.07) is 6.29. The lowest BCUT2D eigenvalue weighted by Crippen LogP contribution is -2.31. The molecule has 0 aliphatic carbocycles. The van der Waals surface area contributed by atoms with E-state index in [9.17, 15) is 14.3 Å². The van der Waals surface area contributed by atoms with Crippen LogP contribution in [0.4, 0.5) is 4.39 Å². The maximum atomic E-state index is 14.5. The van der Waals surface area contributed by atoms with Crippen molar-refractivity contribution in [1.82, 2.24) is 19.9 Å². The maximum absolute atomic E-state index is 14.5. The zero-order valence-corrected chi connectivity index (χ0v) is 19.6. The molecule has 1 N–H and O–H groups in total. The second-order valence-electron chi connectivity index (χ2n) is 7.58. The van der Waals surface area contributed by atoms with Crippen LogP contribution in [0.5, 0.6) is 11.6 Å². The predicted molar refractivity (Wildman–Crippen MR) is 124 cm³/mol. The summed E-state index contributed by atoms with van der Waals surface area (Å²) in [6.07, 6.45) is 2.05. The van der Waals surface area contributed by atoms with Gasteiger partial charge in [0.15, 0.2) is 11.6 Å². The Morgan fingerprint density at radius 3 is 2.67 bits per heavy atom. The molecule has 2 aromatic heterocycles. The highest BCUT2D eigenvalue weighted by Crippen LogP contribution is 2.42. The van der Waals surface area contributed by atoms with Crippen molar-refractivity contribution in [3.05, 3.63) is 58.7 Å². The van der Waals surface area contributed by atoms with E-state index >= 15 is 0 Å². The van der Waals surface area contributed by atoms with Gasteiger partial charge in [-0.2, -0.15) is 4.98 Å². The first-order valence-corrected chi connectivity index (χ1v) is 11.8. The fraction of sp³-hybridized carbons (Fsp3) is 0.333. The number of nitrogens with zero attached hydrogens (tertiary/aromatic N) is 4. The average molecular weight is 469 g/mol. The minimum atomic E-state index is -0.441. The molecule has 9 heteroatoms. The van der Waals surface area contributed by atoms with Gasteiger partial charge in [-0.05, 0) is 32.9 Å². The van der Waals surface area contributed by atoms with Crippen LogP contribution in [0.15, 0.2) is 35.5 Å². The Morgan fingerprint density at radius 2 is 1.97 bits per heavy atom. The molecule has 0 spiro atoms. The molecule has 1 amide bonds. The quantitative estimate of drug-likeness (QED) is 0.322. The van der Waals surface area contributed by atoms with Crippen molar-refractivity contribution in [2.24, 2.45) is 0 Å². The molecule has 33 heavy (non-hydrogen) atoms. The molecule has 0 saturated carbocycles. The van der Waals surface area contributed by atoms with E-state index in [4.69, 9.17) is 4.74 Å². The molecule has 0 atom stereocenters. The number of amides is 1. The van der Waals surface area contributed by atoms with Crippen LogP contribution in [0.3, 0.4) is 0 Å². The van der Waals surface area contributed by atoms with E-state index in [0.717, 1.165) is 5.56 Å². The van der Waals surface area contributed by atoms with Crippen LogP contribution < -0.4 is 4.74 Å². The Morgan fingerprint density at radius 1 is 1.21 bits per heavy atom. The first kappa shape index (κ1) is 23.1. The van der Waals surface area contributed by atoms with Crippen molar-refractivity contribution in [2.75, 3.05) is 18.8 Å². The SMILES string of the molecule is CCN(CC)C(=O)CSc1nc(-c2ccccc2F)nc2c1Cc1c(CO)cnc(C)c1O2. The number of aromatic nitrogens is 3. The number of hydrogen-bond acceptors (Lipinski definition) is 7. The predicted octanol–water partition coefficient (Wildman–Crippen LogP) is 4.14. The number of aryl methyl sites for hydroxylation is 1. The van der Waals surface area contributed by atoms with Gasteiger partial charge in [-0.15, -0.1) is 0 Å². The summed E-state index contributed by atoms with van der Waals surface area (Å²) in [5.74, 6) is 0.798. The summed E-state index contributed by atoms with van der Waals surface area (Å²) >= 11 is 1.29. The third-order valence-electron chi connectivity index (χ3n) is 5.62. The third kappa shape index (κ3) is 4.56. The van der Waals surface area contributed by atoms with Gasteiger partial charge < -0.3 is 14.7 Å². The van der Waals surface area contributed by atoms with Crippen LogP contribution >= 0.6 is 11.8 Å². The van der Waals surface area contributed by atoms with Crippen molar-refractivity contribution in [1.29, 1.82) is 0 Å². The number of rotatable bonds is 7. The van der Waals surface area contributed by atoms with Crippen molar-refractivity contribution >= 4 is 17.7 Å². The highest BCUT2D eigenvalue weighted by atomic mass is 32.2. The van der Waals surface area contributed by atoms with E-state index in [0.29, 0.717) is 53.0 Å². The van der Waals surface area contributed by atoms with E-state index in [2.05, 4.69) is 15.0 Å². The molecule has 1 aliphatic heterocycles. The van der Waals surface area contributed by atoms with Gasteiger partial charge in [-0.3, -0.25) is 9.78 Å². The molecule has 3 heterocycles. The highest BCUT2D eigenvalue weighted by Gasteiger charge is 2.28. The monoisotopic (exact) mass is 468 g/mol. The van der Waals surface area contributed by atoms with Crippen LogP contribution in [0.25, 0.3) is 11.4 Å². The smallest absolute Gasteiger partial charge is 0.232 e. The number of carbonyl (C=O) groups is 1. The number of fused-ring (bicyclic) bond motifs is 2. The Hall–Kier alpha value is -3.04. The summed E-state index contributed by atoms with van der Waals surface area (Å²) in [4.78, 5) is 27.8. The summed E-state index contributed by atoms with van der Waals surface area (Å²) in [6.45, 7) is 6.77. The number of carbonyl (C=O) groups excluding carboxylic acids is 1. The van der Waals surface area contributed by atoms with Gasteiger partial charge in [0.25, 0.3) is 0 Å². The van der Waals surface area contributed by atoms with Crippen LogP contribution in [-0.4, -0.2) is 49.7 Å². The van der Waals surface area contributed by atoms with Crippen LogP contribution in [-0.2, 0) is 17.8 Å². The third-order valence-corrected chi connectivity index (χ3v) is 6.62. The number of halogens is 1. The number of benzene rings is 1. The normalized spacial score (nSPS) is 12.0.